The molecule has 1 saturated heterocycles. The van der Waals surface area contributed by atoms with Gasteiger partial charge in [0.25, 0.3) is 0 Å². The number of nitrogens with one attached hydrogen (secondary N) is 1. The van der Waals surface area contributed by atoms with Crippen LogP contribution >= 0.6 is 11.6 Å². The third-order valence-corrected chi connectivity index (χ3v) is 6.77. The molecule has 1 aromatic heterocycles. The van der Waals surface area contributed by atoms with Crippen LogP contribution in [0.3, 0.4) is 0 Å². The number of nitrogens with zero attached hydrogens (tertiary/aromatic N) is 3. The molecule has 1 unspecified atom stereocenters. The van der Waals surface area contributed by atoms with Gasteiger partial charge in [-0.25, -0.2) is 4.39 Å². The molecule has 1 N–H and O–H groups in total. The monoisotopic (exact) mass is 452 g/mol. The summed E-state index contributed by atoms with van der Waals surface area (Å²) >= 11 is 6.32. The minimum Gasteiger partial charge on any atom is -0.358 e. The fraction of sp³-hybridized carbons (Fsp3) is 0.292. The molecular formula is C24H22ClFN4O2. The van der Waals surface area contributed by atoms with Gasteiger partial charge in [-0.15, -0.1) is 0 Å². The summed E-state index contributed by atoms with van der Waals surface area (Å²) in [6.45, 7) is 1.65. The predicted molar refractivity (Wildman–Crippen MR) is 121 cm³/mol. The highest BCUT2D eigenvalue weighted by molar-refractivity contribution is 6.30. The zero-order chi connectivity index (χ0) is 22.5. The molecule has 0 bridgehead atoms. The van der Waals surface area contributed by atoms with Crippen molar-refractivity contribution in [1.29, 1.82) is 0 Å². The van der Waals surface area contributed by atoms with Crippen LogP contribution in [0, 0.1) is 5.82 Å². The number of halogens is 2. The summed E-state index contributed by atoms with van der Waals surface area (Å²) in [7, 11) is 1.60. The fourth-order valence-corrected chi connectivity index (χ4v) is 5.19. The van der Waals surface area contributed by atoms with E-state index in [1.54, 1.807) is 30.4 Å². The van der Waals surface area contributed by atoms with Gasteiger partial charge >= 0.3 is 0 Å². The van der Waals surface area contributed by atoms with Crippen molar-refractivity contribution in [3.63, 3.8) is 0 Å². The van der Waals surface area contributed by atoms with E-state index >= 15 is 0 Å². The van der Waals surface area contributed by atoms with E-state index in [1.165, 1.54) is 12.1 Å². The molecule has 3 heterocycles. The van der Waals surface area contributed by atoms with E-state index in [2.05, 4.69) is 10.3 Å². The Labute approximate surface area is 190 Å². The predicted octanol–water partition coefficient (Wildman–Crippen LogP) is 3.26. The van der Waals surface area contributed by atoms with Crippen LogP contribution in [0.15, 0.2) is 48.8 Å². The van der Waals surface area contributed by atoms with Gasteiger partial charge in [0.1, 0.15) is 5.82 Å². The van der Waals surface area contributed by atoms with Crippen LogP contribution in [-0.4, -0.2) is 48.4 Å². The summed E-state index contributed by atoms with van der Waals surface area (Å²) in [5, 5.41) is 4.64. The molecule has 1 atom stereocenters. The van der Waals surface area contributed by atoms with E-state index in [4.69, 9.17) is 11.6 Å². The van der Waals surface area contributed by atoms with Gasteiger partial charge in [-0.1, -0.05) is 17.7 Å². The zero-order valence-electron chi connectivity index (χ0n) is 17.6. The Bertz CT molecular complexity index is 1250. The van der Waals surface area contributed by atoms with Gasteiger partial charge in [0.05, 0.1) is 23.8 Å². The number of aromatic nitrogens is 1. The fourth-order valence-electron chi connectivity index (χ4n) is 5.02. The van der Waals surface area contributed by atoms with E-state index < -0.39 is 5.41 Å². The SMILES string of the molecule is CNC(=O)CN1Cc2ccc(Cl)cc2C2(CCN(c3cncc4ccc(F)cc34)C2=O)C1. The van der Waals surface area contributed by atoms with Crippen molar-refractivity contribution in [3.8, 4) is 0 Å². The molecule has 2 amide bonds. The first-order chi connectivity index (χ1) is 15.4. The molecule has 3 aromatic rings. The van der Waals surface area contributed by atoms with Crippen molar-refractivity contribution < 1.29 is 14.0 Å². The maximum atomic E-state index is 14.0. The van der Waals surface area contributed by atoms with E-state index in [0.29, 0.717) is 42.2 Å². The molecule has 1 spiro atoms. The Morgan fingerprint density at radius 2 is 2.09 bits per heavy atom. The number of carbonyl (C=O) groups is 2. The zero-order valence-corrected chi connectivity index (χ0v) is 18.3. The van der Waals surface area contributed by atoms with Crippen molar-refractivity contribution in [2.45, 2.75) is 18.4 Å². The molecule has 32 heavy (non-hydrogen) atoms. The number of hydrogen-bond donors (Lipinski definition) is 1. The molecule has 0 saturated carbocycles. The van der Waals surface area contributed by atoms with E-state index in [9.17, 15) is 14.0 Å². The van der Waals surface area contributed by atoms with Crippen LogP contribution in [-0.2, 0) is 21.5 Å². The summed E-state index contributed by atoms with van der Waals surface area (Å²) in [6, 6.07) is 10.1. The van der Waals surface area contributed by atoms with Crippen molar-refractivity contribution in [3.05, 3.63) is 70.8 Å². The minimum atomic E-state index is -0.831. The second kappa shape index (κ2) is 7.83. The molecule has 0 radical (unpaired) electrons. The van der Waals surface area contributed by atoms with Crippen molar-refractivity contribution >= 4 is 39.9 Å². The summed E-state index contributed by atoms with van der Waals surface area (Å²) in [4.78, 5) is 34.1. The second-order valence-corrected chi connectivity index (χ2v) is 8.87. The number of anilines is 1. The van der Waals surface area contributed by atoms with Crippen LogP contribution in [0.4, 0.5) is 10.1 Å². The maximum Gasteiger partial charge on any atom is 0.239 e. The highest BCUT2D eigenvalue weighted by Crippen LogP contribution is 2.45. The topological polar surface area (TPSA) is 65.5 Å². The molecule has 2 aromatic carbocycles. The van der Waals surface area contributed by atoms with Gasteiger partial charge in [0.2, 0.25) is 11.8 Å². The number of benzene rings is 2. The van der Waals surface area contributed by atoms with Crippen LogP contribution in [0.5, 0.6) is 0 Å². The number of fused-ring (bicyclic) bond motifs is 3. The molecule has 8 heteroatoms. The molecule has 0 aliphatic carbocycles. The number of hydrogen-bond acceptors (Lipinski definition) is 4. The van der Waals surface area contributed by atoms with E-state index in [1.807, 2.05) is 23.1 Å². The molecule has 1 fully saturated rings. The summed E-state index contributed by atoms with van der Waals surface area (Å²) in [5.74, 6) is -0.548. The van der Waals surface area contributed by atoms with Crippen molar-refractivity contribution in [2.24, 2.45) is 0 Å². The van der Waals surface area contributed by atoms with Gasteiger partial charge in [-0.2, -0.15) is 0 Å². The van der Waals surface area contributed by atoms with Crippen LogP contribution < -0.4 is 10.2 Å². The molecule has 5 rings (SSSR count). The van der Waals surface area contributed by atoms with Crippen LogP contribution in [0.1, 0.15) is 17.5 Å². The van der Waals surface area contributed by atoms with Crippen molar-refractivity contribution in [1.82, 2.24) is 15.2 Å². The lowest BCUT2D eigenvalue weighted by Gasteiger charge is -2.40. The van der Waals surface area contributed by atoms with Crippen LogP contribution in [0.2, 0.25) is 5.02 Å². The van der Waals surface area contributed by atoms with Gasteiger partial charge < -0.3 is 10.2 Å². The summed E-state index contributed by atoms with van der Waals surface area (Å²) in [5.41, 5.74) is 1.66. The Morgan fingerprint density at radius 1 is 1.25 bits per heavy atom. The van der Waals surface area contributed by atoms with E-state index in [0.717, 1.165) is 16.5 Å². The lowest BCUT2D eigenvalue weighted by Crippen LogP contribution is -2.52. The lowest BCUT2D eigenvalue weighted by atomic mass is 9.73. The molecule has 2 aliphatic rings. The molecule has 164 valence electrons. The third kappa shape index (κ3) is 3.32. The lowest BCUT2D eigenvalue weighted by molar-refractivity contribution is -0.126. The van der Waals surface area contributed by atoms with Crippen molar-refractivity contribution in [2.75, 3.05) is 31.6 Å². The second-order valence-electron chi connectivity index (χ2n) is 8.43. The Kier molecular flexibility index (Phi) is 5.10. The Morgan fingerprint density at radius 3 is 2.91 bits per heavy atom. The summed E-state index contributed by atoms with van der Waals surface area (Å²) in [6.07, 6.45) is 3.84. The average molecular weight is 453 g/mol. The maximum absolute atomic E-state index is 14.0. The Balaban J connectivity index is 1.59. The molecule has 6 nitrogen and oxygen atoms in total. The first-order valence-electron chi connectivity index (χ1n) is 10.5. The summed E-state index contributed by atoms with van der Waals surface area (Å²) < 4.78 is 14.0. The van der Waals surface area contributed by atoms with Crippen LogP contribution in [0.25, 0.3) is 10.8 Å². The van der Waals surface area contributed by atoms with Gasteiger partial charge in [-0.05, 0) is 47.9 Å². The van der Waals surface area contributed by atoms with Gasteiger partial charge in [0, 0.05) is 48.7 Å². The number of amides is 2. The average Bonchev–Trinajstić information content (AvgIpc) is 3.10. The number of carbonyl (C=O) groups excluding carboxylic acids is 2. The standard InChI is InChI=1S/C24H22ClFN4O2/c1-27-22(31)13-29-12-16-2-4-17(25)8-20(16)24(14-29)6-7-30(23(24)32)21-11-28-10-15-3-5-18(26)9-19(15)21/h2-5,8-11H,6-7,12-14H2,1H3,(H,27,31). The number of likely N-dealkylation sites (N-methyl/N-ethyl adjacent to an activating group) is 1. The molecule has 2 aliphatic heterocycles. The third-order valence-electron chi connectivity index (χ3n) is 6.53. The first-order valence-corrected chi connectivity index (χ1v) is 10.9. The minimum absolute atomic E-state index is 0.0822. The normalized spacial score (nSPS) is 20.7. The van der Waals surface area contributed by atoms with E-state index in [-0.39, 0.29) is 24.2 Å². The quantitative estimate of drug-likeness (QED) is 0.662. The van der Waals surface area contributed by atoms with Gasteiger partial charge in [-0.3, -0.25) is 19.5 Å². The molecular weight excluding hydrogens is 431 g/mol. The highest BCUT2D eigenvalue weighted by Gasteiger charge is 2.52. The highest BCUT2D eigenvalue weighted by atomic mass is 35.5. The smallest absolute Gasteiger partial charge is 0.239 e. The van der Waals surface area contributed by atoms with Gasteiger partial charge in [0.15, 0.2) is 0 Å². The number of pyridine rings is 1. The number of rotatable bonds is 3. The largest absolute Gasteiger partial charge is 0.358 e. The Hall–Kier alpha value is -3.03. The first kappa shape index (κ1) is 20.8.